The molecule has 0 fully saturated rings. The van der Waals surface area contributed by atoms with Crippen molar-refractivity contribution in [3.8, 4) is 0 Å². The lowest BCUT2D eigenvalue weighted by Crippen LogP contribution is -2.37. The number of benzene rings is 2. The molecule has 20 heavy (non-hydrogen) atoms. The van der Waals surface area contributed by atoms with E-state index >= 15 is 0 Å². The van der Waals surface area contributed by atoms with Crippen LogP contribution >= 0.6 is 12.2 Å². The van der Waals surface area contributed by atoms with Gasteiger partial charge < -0.3 is 5.73 Å². The first kappa shape index (κ1) is 14.7. The number of fused-ring (bicyclic) bond motifs is 1. The van der Waals surface area contributed by atoms with Crippen LogP contribution in [0.5, 0.6) is 0 Å². The van der Waals surface area contributed by atoms with Crippen LogP contribution in [-0.4, -0.2) is 18.7 Å². The van der Waals surface area contributed by atoms with Gasteiger partial charge in [-0.15, -0.1) is 0 Å². The first-order chi connectivity index (χ1) is 9.45. The van der Waals surface area contributed by atoms with Gasteiger partial charge in [-0.3, -0.25) is 4.72 Å². The molecule has 2 rings (SSSR count). The van der Waals surface area contributed by atoms with Crippen molar-refractivity contribution in [2.45, 2.75) is 18.6 Å². The summed E-state index contributed by atoms with van der Waals surface area (Å²) in [6.45, 7) is 1.74. The summed E-state index contributed by atoms with van der Waals surface area (Å²) in [6.07, 6.45) is 0.343. The topological polar surface area (TPSA) is 72.2 Å². The Labute approximate surface area is 124 Å². The minimum absolute atomic E-state index is 0.0137. The van der Waals surface area contributed by atoms with Crippen LogP contribution in [0.15, 0.2) is 42.5 Å². The van der Waals surface area contributed by atoms with Gasteiger partial charge in [-0.25, -0.2) is 8.42 Å². The van der Waals surface area contributed by atoms with Crippen LogP contribution in [0.2, 0.25) is 0 Å². The number of nitrogens with one attached hydrogen (secondary N) is 1. The molecular weight excluding hydrogens is 292 g/mol. The van der Waals surface area contributed by atoms with Crippen LogP contribution in [0.4, 0.5) is 5.69 Å². The normalized spacial score (nSPS) is 13.1. The monoisotopic (exact) mass is 308 g/mol. The van der Waals surface area contributed by atoms with Crippen LogP contribution in [0.1, 0.15) is 13.3 Å². The Hall–Kier alpha value is -1.66. The van der Waals surface area contributed by atoms with E-state index in [9.17, 15) is 8.42 Å². The zero-order valence-corrected chi connectivity index (χ0v) is 12.7. The van der Waals surface area contributed by atoms with Crippen LogP contribution in [0, 0.1) is 0 Å². The van der Waals surface area contributed by atoms with Gasteiger partial charge >= 0.3 is 0 Å². The zero-order chi connectivity index (χ0) is 14.8. The van der Waals surface area contributed by atoms with Gasteiger partial charge in [0, 0.05) is 5.39 Å². The summed E-state index contributed by atoms with van der Waals surface area (Å²) >= 11 is 4.83. The summed E-state index contributed by atoms with van der Waals surface area (Å²) in [7, 11) is -3.63. The zero-order valence-electron chi connectivity index (χ0n) is 11.0. The Morgan fingerprint density at radius 3 is 2.55 bits per heavy atom. The molecule has 0 heterocycles. The Balaban J connectivity index is 2.44. The predicted molar refractivity (Wildman–Crippen MR) is 87.4 cm³/mol. The molecule has 0 saturated heterocycles. The molecule has 0 aliphatic heterocycles. The molecule has 0 radical (unpaired) electrons. The Bertz CT molecular complexity index is 736. The van der Waals surface area contributed by atoms with Crippen LogP contribution in [0.25, 0.3) is 10.8 Å². The number of hydrogen-bond acceptors (Lipinski definition) is 3. The van der Waals surface area contributed by atoms with Crippen molar-refractivity contribution in [1.29, 1.82) is 0 Å². The second kappa shape index (κ2) is 5.76. The summed E-state index contributed by atoms with van der Waals surface area (Å²) < 4.78 is 27.3. The van der Waals surface area contributed by atoms with Crippen LogP contribution in [-0.2, 0) is 10.0 Å². The molecular formula is C14H16N2O2S2. The molecule has 1 unspecified atom stereocenters. The van der Waals surface area contributed by atoms with Gasteiger partial charge in [0.2, 0.25) is 10.0 Å². The van der Waals surface area contributed by atoms with E-state index in [1.165, 1.54) is 0 Å². The maximum Gasteiger partial charge on any atom is 0.242 e. The van der Waals surface area contributed by atoms with E-state index in [1.807, 2.05) is 36.4 Å². The molecule has 3 N–H and O–H groups in total. The van der Waals surface area contributed by atoms with E-state index in [1.54, 1.807) is 13.0 Å². The number of thiocarbonyl (C=S) groups is 1. The van der Waals surface area contributed by atoms with E-state index < -0.39 is 15.3 Å². The van der Waals surface area contributed by atoms with Crippen LogP contribution in [0.3, 0.4) is 0 Å². The Morgan fingerprint density at radius 2 is 1.90 bits per heavy atom. The molecule has 0 amide bonds. The maximum absolute atomic E-state index is 12.3. The first-order valence-corrected chi connectivity index (χ1v) is 8.20. The first-order valence-electron chi connectivity index (χ1n) is 6.24. The van der Waals surface area contributed by atoms with E-state index in [-0.39, 0.29) is 4.99 Å². The van der Waals surface area contributed by atoms with Crippen LogP contribution < -0.4 is 10.5 Å². The van der Waals surface area contributed by atoms with Crippen molar-refractivity contribution in [3.05, 3.63) is 42.5 Å². The summed E-state index contributed by atoms with van der Waals surface area (Å²) in [6, 6.07) is 13.0. The molecule has 0 saturated carbocycles. The van der Waals surface area contributed by atoms with E-state index in [2.05, 4.69) is 4.72 Å². The molecule has 0 spiro atoms. The molecule has 6 heteroatoms. The smallest absolute Gasteiger partial charge is 0.242 e. The van der Waals surface area contributed by atoms with Crippen molar-refractivity contribution in [3.63, 3.8) is 0 Å². The van der Waals surface area contributed by atoms with E-state index in [4.69, 9.17) is 18.0 Å². The lowest BCUT2D eigenvalue weighted by molar-refractivity contribution is 0.594. The van der Waals surface area contributed by atoms with Gasteiger partial charge in [0.05, 0.1) is 10.7 Å². The highest BCUT2D eigenvalue weighted by molar-refractivity contribution is 7.95. The molecule has 106 valence electrons. The van der Waals surface area contributed by atoms with Crippen molar-refractivity contribution in [1.82, 2.24) is 0 Å². The summed E-state index contributed by atoms with van der Waals surface area (Å²) in [5.74, 6) is 0. The molecule has 0 bridgehead atoms. The van der Waals surface area contributed by atoms with E-state index in [0.717, 1.165) is 10.8 Å². The Morgan fingerprint density at radius 1 is 1.25 bits per heavy atom. The highest BCUT2D eigenvalue weighted by atomic mass is 32.2. The second-order valence-corrected chi connectivity index (χ2v) is 6.81. The van der Waals surface area contributed by atoms with Gasteiger partial charge in [-0.2, -0.15) is 0 Å². The highest BCUT2D eigenvalue weighted by Gasteiger charge is 2.26. The van der Waals surface area contributed by atoms with E-state index in [0.29, 0.717) is 12.1 Å². The predicted octanol–water partition coefficient (Wildman–Crippen LogP) is 2.65. The van der Waals surface area contributed by atoms with Gasteiger partial charge in [0.1, 0.15) is 5.25 Å². The maximum atomic E-state index is 12.3. The summed E-state index contributed by atoms with van der Waals surface area (Å²) in [5, 5.41) is 0.948. The minimum atomic E-state index is -3.63. The van der Waals surface area contributed by atoms with Gasteiger partial charge in [-0.1, -0.05) is 55.5 Å². The third-order valence-electron chi connectivity index (χ3n) is 3.10. The molecule has 0 aromatic heterocycles. The highest BCUT2D eigenvalue weighted by Crippen LogP contribution is 2.25. The quantitative estimate of drug-likeness (QED) is 0.833. The third-order valence-corrected chi connectivity index (χ3v) is 5.38. The standard InChI is InChI=1S/C14H16N2O2S2/c1-2-13(14(15)19)20(17,18)16-12-9-5-7-10-6-3-4-8-11(10)12/h3-9,13,16H,2H2,1H3,(H2,15,19). The number of nitrogens with two attached hydrogens (primary N) is 1. The fourth-order valence-corrected chi connectivity index (χ4v) is 4.03. The third kappa shape index (κ3) is 2.91. The number of hydrogen-bond donors (Lipinski definition) is 2. The van der Waals surface area contributed by atoms with Gasteiger partial charge in [0.15, 0.2) is 0 Å². The van der Waals surface area contributed by atoms with Crippen molar-refractivity contribution in [2.75, 3.05) is 4.72 Å². The summed E-state index contributed by atoms with van der Waals surface area (Å²) in [5.41, 5.74) is 6.05. The number of sulfonamides is 1. The van der Waals surface area contributed by atoms with Crippen molar-refractivity contribution < 1.29 is 8.42 Å². The average molecular weight is 308 g/mol. The van der Waals surface area contributed by atoms with Crippen molar-refractivity contribution >= 4 is 43.7 Å². The molecule has 2 aromatic rings. The molecule has 4 nitrogen and oxygen atoms in total. The lowest BCUT2D eigenvalue weighted by atomic mass is 10.1. The SMILES string of the molecule is CCC(C(N)=S)S(=O)(=O)Nc1cccc2ccccc12. The van der Waals surface area contributed by atoms with Crippen molar-refractivity contribution in [2.24, 2.45) is 5.73 Å². The number of rotatable bonds is 5. The molecule has 1 atom stereocenters. The molecule has 2 aromatic carbocycles. The minimum Gasteiger partial charge on any atom is -0.392 e. The Kier molecular flexibility index (Phi) is 4.25. The largest absolute Gasteiger partial charge is 0.392 e. The van der Waals surface area contributed by atoms with Gasteiger partial charge in [-0.05, 0) is 17.9 Å². The summed E-state index contributed by atoms with van der Waals surface area (Å²) in [4.78, 5) is -0.0137. The fraction of sp³-hybridized carbons (Fsp3) is 0.214. The lowest BCUT2D eigenvalue weighted by Gasteiger charge is -2.17. The molecule has 0 aliphatic rings. The second-order valence-electron chi connectivity index (χ2n) is 4.47. The molecule has 0 aliphatic carbocycles. The fourth-order valence-electron chi connectivity index (χ4n) is 2.11. The number of anilines is 1. The van der Waals surface area contributed by atoms with Gasteiger partial charge in [0.25, 0.3) is 0 Å². The average Bonchev–Trinajstić information content (AvgIpc) is 2.38.